The molecule has 26 heavy (non-hydrogen) atoms. The monoisotopic (exact) mass is 379 g/mol. The van der Waals surface area contributed by atoms with E-state index in [1.165, 1.54) is 16.8 Å². The molecule has 1 aromatic carbocycles. The highest BCUT2D eigenvalue weighted by atomic mass is 35.5. The topological polar surface area (TPSA) is 110 Å². The third-order valence-corrected chi connectivity index (χ3v) is 4.66. The van der Waals surface area contributed by atoms with Crippen LogP contribution < -0.4 is 0 Å². The molecule has 138 valence electrons. The van der Waals surface area contributed by atoms with Gasteiger partial charge in [0.05, 0.1) is 6.61 Å². The number of carboxylic acids is 1. The molecule has 10 heteroatoms. The third kappa shape index (κ3) is 3.68. The predicted molar refractivity (Wildman–Crippen MR) is 91.4 cm³/mol. The van der Waals surface area contributed by atoms with Gasteiger partial charge in [-0.15, -0.1) is 10.2 Å². The molecular formula is C16H18ClN5O4. The highest BCUT2D eigenvalue weighted by Crippen LogP contribution is 2.31. The second kappa shape index (κ2) is 7.38. The molecule has 0 radical (unpaired) electrons. The summed E-state index contributed by atoms with van der Waals surface area (Å²) >= 11 is 5.85. The Labute approximate surface area is 154 Å². The van der Waals surface area contributed by atoms with Gasteiger partial charge in [-0.1, -0.05) is 11.6 Å². The number of amides is 1. The molecule has 1 aliphatic heterocycles. The minimum absolute atomic E-state index is 0.0639. The molecule has 1 fully saturated rings. The number of hydrogen-bond acceptors (Lipinski definition) is 6. The zero-order valence-electron chi connectivity index (χ0n) is 14.1. The molecule has 0 spiro atoms. The largest absolute Gasteiger partial charge is 0.481 e. The van der Waals surface area contributed by atoms with Crippen molar-refractivity contribution >= 4 is 23.5 Å². The van der Waals surface area contributed by atoms with E-state index >= 15 is 0 Å². The lowest BCUT2D eigenvalue weighted by Gasteiger charge is -2.23. The van der Waals surface area contributed by atoms with E-state index in [1.54, 1.807) is 24.3 Å². The van der Waals surface area contributed by atoms with Crippen molar-refractivity contribution < 1.29 is 19.4 Å². The summed E-state index contributed by atoms with van der Waals surface area (Å²) in [5.41, 5.74) is -0.325. The summed E-state index contributed by atoms with van der Waals surface area (Å²) in [5.74, 6) is -0.835. The lowest BCUT2D eigenvalue weighted by Crippen LogP contribution is -2.41. The summed E-state index contributed by atoms with van der Waals surface area (Å²) in [5, 5.41) is 22.1. The van der Waals surface area contributed by atoms with E-state index in [2.05, 4.69) is 15.4 Å². The first-order valence-corrected chi connectivity index (χ1v) is 8.35. The number of tetrazole rings is 1. The van der Waals surface area contributed by atoms with E-state index in [4.69, 9.17) is 16.3 Å². The number of aliphatic carboxylic acids is 1. The van der Waals surface area contributed by atoms with Crippen molar-refractivity contribution in [3.8, 4) is 11.4 Å². The van der Waals surface area contributed by atoms with E-state index in [1.807, 2.05) is 0 Å². The first kappa shape index (κ1) is 18.3. The van der Waals surface area contributed by atoms with Crippen molar-refractivity contribution in [3.63, 3.8) is 0 Å². The summed E-state index contributed by atoms with van der Waals surface area (Å²) in [7, 11) is 1.45. The summed E-state index contributed by atoms with van der Waals surface area (Å²) in [4.78, 5) is 26.7. The van der Waals surface area contributed by atoms with Gasteiger partial charge in [-0.25, -0.2) is 0 Å². The number of nitrogens with zero attached hydrogens (tertiary/aromatic N) is 5. The summed E-state index contributed by atoms with van der Waals surface area (Å²) in [6, 6.07) is 6.96. The number of carbonyl (C=O) groups is 2. The number of aromatic nitrogens is 4. The van der Waals surface area contributed by atoms with Crippen molar-refractivity contribution in [2.75, 3.05) is 26.8 Å². The Morgan fingerprint density at radius 3 is 2.73 bits per heavy atom. The number of methoxy groups -OCH3 is 1. The fourth-order valence-electron chi connectivity index (χ4n) is 2.96. The summed E-state index contributed by atoms with van der Waals surface area (Å²) < 4.78 is 5.03. The van der Waals surface area contributed by atoms with E-state index < -0.39 is 11.4 Å². The van der Waals surface area contributed by atoms with Crippen LogP contribution in [0.3, 0.4) is 0 Å². The molecule has 0 bridgehead atoms. The second-order valence-electron chi connectivity index (χ2n) is 6.23. The van der Waals surface area contributed by atoms with E-state index in [-0.39, 0.29) is 25.6 Å². The first-order valence-electron chi connectivity index (χ1n) is 7.97. The molecule has 0 aliphatic carbocycles. The molecule has 0 saturated carbocycles. The van der Waals surface area contributed by atoms with Crippen molar-refractivity contribution in [2.24, 2.45) is 5.41 Å². The molecule has 1 saturated heterocycles. The van der Waals surface area contributed by atoms with Crippen LogP contribution in [0.5, 0.6) is 0 Å². The molecule has 1 aromatic heterocycles. The van der Waals surface area contributed by atoms with Crippen LogP contribution >= 0.6 is 11.6 Å². The maximum Gasteiger partial charge on any atom is 0.313 e. The van der Waals surface area contributed by atoms with Gasteiger partial charge in [0.1, 0.15) is 12.0 Å². The zero-order chi connectivity index (χ0) is 18.7. The number of hydrogen-bond donors (Lipinski definition) is 1. The Morgan fingerprint density at radius 2 is 2.08 bits per heavy atom. The van der Waals surface area contributed by atoms with Crippen LogP contribution in [0.25, 0.3) is 11.4 Å². The molecule has 2 aromatic rings. The minimum atomic E-state index is -1.06. The smallest absolute Gasteiger partial charge is 0.313 e. The quantitative estimate of drug-likeness (QED) is 0.795. The fourth-order valence-corrected chi connectivity index (χ4v) is 3.09. The summed E-state index contributed by atoms with van der Waals surface area (Å²) in [6.45, 7) is 0.415. The number of halogens is 1. The number of ether oxygens (including phenoxy) is 1. The molecule has 1 amide bonds. The van der Waals surface area contributed by atoms with Gasteiger partial charge < -0.3 is 14.7 Å². The SMILES string of the molecule is COCC1(C(=O)O)CCN(C(=O)Cn2nnc(-c3ccc(Cl)cc3)n2)C1. The number of benzene rings is 1. The maximum atomic E-state index is 12.5. The molecule has 3 rings (SSSR count). The Kier molecular flexibility index (Phi) is 5.19. The van der Waals surface area contributed by atoms with Crippen molar-refractivity contribution in [2.45, 2.75) is 13.0 Å². The van der Waals surface area contributed by atoms with Crippen LogP contribution in [0.4, 0.5) is 0 Å². The van der Waals surface area contributed by atoms with Gasteiger partial charge in [-0.05, 0) is 35.9 Å². The first-order chi connectivity index (χ1) is 12.4. The third-order valence-electron chi connectivity index (χ3n) is 4.41. The van der Waals surface area contributed by atoms with Gasteiger partial charge >= 0.3 is 5.97 Å². The van der Waals surface area contributed by atoms with E-state index in [0.29, 0.717) is 23.8 Å². The van der Waals surface area contributed by atoms with Crippen LogP contribution in [0, 0.1) is 5.41 Å². The van der Waals surface area contributed by atoms with Crippen LogP contribution in [0.15, 0.2) is 24.3 Å². The van der Waals surface area contributed by atoms with Crippen molar-refractivity contribution in [1.82, 2.24) is 25.1 Å². The van der Waals surface area contributed by atoms with Crippen LogP contribution in [-0.4, -0.2) is 68.9 Å². The highest BCUT2D eigenvalue weighted by Gasteiger charge is 2.46. The molecule has 1 atom stereocenters. The fraction of sp³-hybridized carbons (Fsp3) is 0.438. The van der Waals surface area contributed by atoms with E-state index in [9.17, 15) is 14.7 Å². The Hall–Kier alpha value is -2.52. The Morgan fingerprint density at radius 1 is 1.35 bits per heavy atom. The Balaban J connectivity index is 1.66. The van der Waals surface area contributed by atoms with Gasteiger partial charge in [0.15, 0.2) is 0 Å². The number of carboxylic acid groups (broad SMARTS) is 1. The van der Waals surface area contributed by atoms with Gasteiger partial charge in [0.2, 0.25) is 11.7 Å². The highest BCUT2D eigenvalue weighted by molar-refractivity contribution is 6.30. The van der Waals surface area contributed by atoms with Gasteiger partial charge in [0, 0.05) is 30.8 Å². The summed E-state index contributed by atoms with van der Waals surface area (Å²) in [6.07, 6.45) is 0.350. The van der Waals surface area contributed by atoms with Crippen molar-refractivity contribution in [3.05, 3.63) is 29.3 Å². The van der Waals surface area contributed by atoms with Gasteiger partial charge in [0.25, 0.3) is 0 Å². The number of rotatable bonds is 6. The van der Waals surface area contributed by atoms with Gasteiger partial charge in [-0.2, -0.15) is 4.80 Å². The lowest BCUT2D eigenvalue weighted by atomic mass is 9.88. The number of carbonyl (C=O) groups excluding carboxylic acids is 1. The van der Waals surface area contributed by atoms with Crippen LogP contribution in [-0.2, 0) is 20.9 Å². The molecule has 1 unspecified atom stereocenters. The van der Waals surface area contributed by atoms with E-state index in [0.717, 1.165) is 5.56 Å². The minimum Gasteiger partial charge on any atom is -0.481 e. The standard InChI is InChI=1S/C16H18ClN5O4/c1-26-10-16(15(24)25)6-7-21(9-16)13(23)8-22-19-14(18-20-22)11-2-4-12(17)5-3-11/h2-5H,6-10H2,1H3,(H,24,25). The average molecular weight is 380 g/mol. The van der Waals surface area contributed by atoms with Crippen LogP contribution in [0.1, 0.15) is 6.42 Å². The molecule has 1 N–H and O–H groups in total. The maximum absolute atomic E-state index is 12.5. The number of likely N-dealkylation sites (tertiary alicyclic amines) is 1. The van der Waals surface area contributed by atoms with Gasteiger partial charge in [-0.3, -0.25) is 9.59 Å². The normalized spacial score (nSPS) is 19.7. The van der Waals surface area contributed by atoms with Crippen molar-refractivity contribution in [1.29, 1.82) is 0 Å². The second-order valence-corrected chi connectivity index (χ2v) is 6.67. The Bertz CT molecular complexity index is 809. The molecular weight excluding hydrogens is 362 g/mol. The van der Waals surface area contributed by atoms with Crippen LogP contribution in [0.2, 0.25) is 5.02 Å². The average Bonchev–Trinajstić information content (AvgIpc) is 3.24. The lowest BCUT2D eigenvalue weighted by molar-refractivity contribution is -0.151. The molecule has 9 nitrogen and oxygen atoms in total. The molecule has 1 aliphatic rings. The molecule has 2 heterocycles. The zero-order valence-corrected chi connectivity index (χ0v) is 14.9. The predicted octanol–water partition coefficient (Wildman–Crippen LogP) is 0.943.